The third-order valence-electron chi connectivity index (χ3n) is 7.36. The van der Waals surface area contributed by atoms with E-state index in [1.165, 1.54) is 18.3 Å². The summed E-state index contributed by atoms with van der Waals surface area (Å²) < 4.78 is 30.9. The first kappa shape index (κ1) is 30.8. The number of hydrogen-bond donors (Lipinski definition) is 0. The van der Waals surface area contributed by atoms with Gasteiger partial charge in [-0.05, 0) is 50.1 Å². The van der Waals surface area contributed by atoms with Crippen LogP contribution in [0.15, 0.2) is 66.9 Å². The zero-order valence-corrected chi connectivity index (χ0v) is 25.2. The fourth-order valence-electron chi connectivity index (χ4n) is 5.06. The van der Waals surface area contributed by atoms with Crippen molar-refractivity contribution in [3.8, 4) is 17.0 Å². The van der Waals surface area contributed by atoms with Crippen LogP contribution in [-0.2, 0) is 16.1 Å². The molecule has 2 aromatic carbocycles. The predicted molar refractivity (Wildman–Crippen MR) is 161 cm³/mol. The predicted octanol–water partition coefficient (Wildman–Crippen LogP) is 5.37. The molecule has 2 saturated heterocycles. The molecule has 3 aromatic rings. The van der Waals surface area contributed by atoms with Crippen molar-refractivity contribution in [2.75, 3.05) is 39.3 Å². The van der Waals surface area contributed by atoms with Crippen LogP contribution in [0.25, 0.3) is 11.1 Å². The van der Waals surface area contributed by atoms with Gasteiger partial charge in [-0.3, -0.25) is 4.79 Å². The maximum Gasteiger partial charge on any atom is 0.410 e. The lowest BCUT2D eigenvalue weighted by atomic mass is 10.0. The minimum Gasteiger partial charge on any atom is -0.472 e. The number of nitrogens with zero attached hydrogens (tertiary/aromatic N) is 4. The summed E-state index contributed by atoms with van der Waals surface area (Å²) in [4.78, 5) is 48.0. The molecule has 2 fully saturated rings. The van der Waals surface area contributed by atoms with Crippen LogP contribution in [0.4, 0.5) is 14.0 Å². The van der Waals surface area contributed by atoms with E-state index in [1.54, 1.807) is 32.9 Å². The zero-order valence-electron chi connectivity index (χ0n) is 25.2. The Hall–Kier alpha value is -4.67. The number of carbonyl (C=O) groups excluding carboxylic acids is 3. The number of likely N-dealkylation sites (tertiary alicyclic amines) is 1. The number of ether oxygens (including phenoxy) is 3. The van der Waals surface area contributed by atoms with Crippen LogP contribution in [0.1, 0.15) is 43.1 Å². The molecule has 0 bridgehead atoms. The second-order valence-electron chi connectivity index (χ2n) is 11.9. The second-order valence-corrected chi connectivity index (χ2v) is 11.9. The van der Waals surface area contributed by atoms with Crippen LogP contribution in [-0.4, -0.2) is 88.8 Å². The normalized spacial score (nSPS) is 16.9. The van der Waals surface area contributed by atoms with Crippen molar-refractivity contribution in [3.05, 3.63) is 83.8 Å². The van der Waals surface area contributed by atoms with Crippen LogP contribution in [0, 0.1) is 5.82 Å². The lowest BCUT2D eigenvalue weighted by molar-refractivity contribution is 0.0274. The zero-order chi connectivity index (χ0) is 31.3. The van der Waals surface area contributed by atoms with E-state index >= 15 is 0 Å². The maximum absolute atomic E-state index is 13.7. The molecule has 0 aliphatic carbocycles. The summed E-state index contributed by atoms with van der Waals surface area (Å²) in [6.07, 6.45) is 0.903. The number of piperazine rings is 1. The number of carbonyl (C=O) groups is 3. The molecule has 2 aliphatic rings. The van der Waals surface area contributed by atoms with E-state index in [2.05, 4.69) is 4.98 Å². The fourth-order valence-corrected chi connectivity index (χ4v) is 5.06. The molecule has 0 unspecified atom stereocenters. The Kier molecular flexibility index (Phi) is 9.32. The number of amides is 3. The molecule has 3 amide bonds. The van der Waals surface area contributed by atoms with Crippen LogP contribution in [0.5, 0.6) is 5.88 Å². The van der Waals surface area contributed by atoms with E-state index in [4.69, 9.17) is 14.2 Å². The van der Waals surface area contributed by atoms with Gasteiger partial charge in [-0.25, -0.2) is 19.0 Å². The van der Waals surface area contributed by atoms with Crippen molar-refractivity contribution in [1.82, 2.24) is 19.7 Å². The summed E-state index contributed by atoms with van der Waals surface area (Å²) in [7, 11) is 0. The summed E-state index contributed by atoms with van der Waals surface area (Å²) in [6.45, 7) is 7.81. The van der Waals surface area contributed by atoms with Crippen molar-refractivity contribution in [2.45, 2.75) is 45.5 Å². The average Bonchev–Trinajstić information content (AvgIpc) is 3.49. The van der Waals surface area contributed by atoms with E-state index in [9.17, 15) is 18.8 Å². The Morgan fingerprint density at radius 3 is 2.25 bits per heavy atom. The molecule has 1 aromatic heterocycles. The molecule has 10 nitrogen and oxygen atoms in total. The molecular weight excluding hydrogens is 567 g/mol. The van der Waals surface area contributed by atoms with Gasteiger partial charge in [0.2, 0.25) is 5.88 Å². The topological polar surface area (TPSA) is 102 Å². The molecule has 3 heterocycles. The van der Waals surface area contributed by atoms with Gasteiger partial charge in [0.1, 0.15) is 24.1 Å². The van der Waals surface area contributed by atoms with Gasteiger partial charge in [-0.15, -0.1) is 0 Å². The molecule has 2 aliphatic heterocycles. The number of hydrogen-bond acceptors (Lipinski definition) is 7. The van der Waals surface area contributed by atoms with Gasteiger partial charge in [0, 0.05) is 50.9 Å². The third kappa shape index (κ3) is 7.83. The Labute approximate surface area is 256 Å². The van der Waals surface area contributed by atoms with Crippen LogP contribution in [0.3, 0.4) is 0 Å². The Balaban J connectivity index is 1.24. The van der Waals surface area contributed by atoms with Gasteiger partial charge in [0.15, 0.2) is 0 Å². The number of rotatable bonds is 6. The monoisotopic (exact) mass is 604 g/mol. The Morgan fingerprint density at radius 1 is 0.886 bits per heavy atom. The van der Waals surface area contributed by atoms with E-state index < -0.39 is 17.8 Å². The first-order valence-corrected chi connectivity index (χ1v) is 14.7. The van der Waals surface area contributed by atoms with Gasteiger partial charge in [-0.2, -0.15) is 0 Å². The number of benzene rings is 2. The fraction of sp³-hybridized carbons (Fsp3) is 0.394. The van der Waals surface area contributed by atoms with Gasteiger partial charge in [0.05, 0.1) is 12.1 Å². The van der Waals surface area contributed by atoms with Gasteiger partial charge in [0.25, 0.3) is 5.91 Å². The lowest BCUT2D eigenvalue weighted by Gasteiger charge is -2.34. The lowest BCUT2D eigenvalue weighted by Crippen LogP contribution is -2.50. The highest BCUT2D eigenvalue weighted by molar-refractivity contribution is 5.95. The van der Waals surface area contributed by atoms with Crippen molar-refractivity contribution in [1.29, 1.82) is 0 Å². The first-order chi connectivity index (χ1) is 21.1. The van der Waals surface area contributed by atoms with E-state index in [1.807, 2.05) is 51.1 Å². The molecule has 232 valence electrons. The minimum atomic E-state index is -0.603. The maximum atomic E-state index is 13.7. The van der Waals surface area contributed by atoms with Crippen molar-refractivity contribution in [2.24, 2.45) is 0 Å². The number of halogens is 1. The van der Waals surface area contributed by atoms with Crippen LogP contribution >= 0.6 is 0 Å². The summed E-state index contributed by atoms with van der Waals surface area (Å²) in [5, 5.41) is 0. The van der Waals surface area contributed by atoms with Crippen molar-refractivity contribution >= 4 is 18.1 Å². The van der Waals surface area contributed by atoms with E-state index in [-0.39, 0.29) is 30.3 Å². The Morgan fingerprint density at radius 2 is 1.57 bits per heavy atom. The Bertz CT molecular complexity index is 1470. The molecule has 0 N–H and O–H groups in total. The summed E-state index contributed by atoms with van der Waals surface area (Å²) in [6, 6.07) is 17.0. The molecule has 0 spiro atoms. The van der Waals surface area contributed by atoms with Gasteiger partial charge < -0.3 is 28.9 Å². The molecule has 44 heavy (non-hydrogen) atoms. The summed E-state index contributed by atoms with van der Waals surface area (Å²) in [5.74, 6) is -0.336. The SMILES string of the molecule is CC(C)(C)OC(=O)N1CC[C@H](Oc2ncc(C(=O)N3CCN(C(=O)OCc4ccccc4)CC3)cc2-c2ccc(F)cc2)C1. The largest absolute Gasteiger partial charge is 0.472 e. The van der Waals surface area contributed by atoms with Crippen molar-refractivity contribution in [3.63, 3.8) is 0 Å². The highest BCUT2D eigenvalue weighted by Gasteiger charge is 2.32. The van der Waals surface area contributed by atoms with E-state index in [0.717, 1.165) is 5.56 Å². The average molecular weight is 605 g/mol. The number of pyridine rings is 1. The van der Waals surface area contributed by atoms with Crippen LogP contribution in [0.2, 0.25) is 0 Å². The first-order valence-electron chi connectivity index (χ1n) is 14.7. The smallest absolute Gasteiger partial charge is 0.410 e. The van der Waals surface area contributed by atoms with Gasteiger partial charge in [-0.1, -0.05) is 42.5 Å². The highest BCUT2D eigenvalue weighted by Crippen LogP contribution is 2.32. The second kappa shape index (κ2) is 13.3. The molecule has 1 atom stereocenters. The van der Waals surface area contributed by atoms with Crippen molar-refractivity contribution < 1.29 is 33.0 Å². The third-order valence-corrected chi connectivity index (χ3v) is 7.36. The molecule has 11 heteroatoms. The number of aromatic nitrogens is 1. The standard InChI is InChI=1S/C33H37FN4O6/c1-33(2,3)44-32(41)38-14-13-27(21-38)43-29-28(24-9-11-26(34)12-10-24)19-25(20-35-29)30(39)36-15-17-37(18-16-36)31(40)42-22-23-7-5-4-6-8-23/h4-12,19-20,27H,13-18,21-22H2,1-3H3/t27-/m0/s1. The summed E-state index contributed by atoms with van der Waals surface area (Å²) in [5.41, 5.74) is 1.82. The molecule has 0 radical (unpaired) electrons. The molecule has 5 rings (SSSR count). The van der Waals surface area contributed by atoms with Gasteiger partial charge >= 0.3 is 12.2 Å². The minimum absolute atomic E-state index is 0.185. The quantitative estimate of drug-likeness (QED) is 0.373. The van der Waals surface area contributed by atoms with E-state index in [0.29, 0.717) is 62.4 Å². The highest BCUT2D eigenvalue weighted by atomic mass is 19.1. The molecule has 0 saturated carbocycles. The summed E-state index contributed by atoms with van der Waals surface area (Å²) >= 11 is 0. The van der Waals surface area contributed by atoms with Crippen LogP contribution < -0.4 is 4.74 Å². The molecular formula is C33H37FN4O6.